The van der Waals surface area contributed by atoms with Gasteiger partial charge in [-0.05, 0) is 30.2 Å². The summed E-state index contributed by atoms with van der Waals surface area (Å²) in [5.74, 6) is -3.02. The molecule has 3 heteroatoms. The average Bonchev–Trinajstić information content (AvgIpc) is 2.57. The van der Waals surface area contributed by atoms with Gasteiger partial charge in [0.1, 0.15) is 0 Å². The van der Waals surface area contributed by atoms with Gasteiger partial charge in [0.05, 0.1) is 5.92 Å². The van der Waals surface area contributed by atoms with Crippen molar-refractivity contribution in [2.75, 3.05) is 0 Å². The van der Waals surface area contributed by atoms with Crippen LogP contribution in [-0.2, 0) is 0 Å². The van der Waals surface area contributed by atoms with Crippen LogP contribution in [0.25, 0.3) is 0 Å². The SMILES string of the molecule is Cc1cc(Br)cc(C2CC2(F)F)c1. The van der Waals surface area contributed by atoms with Crippen molar-refractivity contribution in [2.24, 2.45) is 0 Å². The molecule has 0 amide bonds. The minimum absolute atomic E-state index is 0.00287. The predicted octanol–water partition coefficient (Wildman–Crippen LogP) is 3.88. The lowest BCUT2D eigenvalue weighted by atomic mass is 10.1. The lowest BCUT2D eigenvalue weighted by Gasteiger charge is -2.02. The molecule has 1 saturated carbocycles. The smallest absolute Gasteiger partial charge is 0.206 e. The zero-order valence-corrected chi connectivity index (χ0v) is 8.74. The first-order valence-corrected chi connectivity index (χ1v) is 4.93. The number of hydrogen-bond donors (Lipinski definition) is 0. The summed E-state index contributed by atoms with van der Waals surface area (Å²) < 4.78 is 26.3. The van der Waals surface area contributed by atoms with E-state index in [1.165, 1.54) is 0 Å². The van der Waals surface area contributed by atoms with Crippen LogP contribution in [0.2, 0.25) is 0 Å². The van der Waals surface area contributed by atoms with Crippen molar-refractivity contribution in [3.8, 4) is 0 Å². The summed E-state index contributed by atoms with van der Waals surface area (Å²) in [5.41, 5.74) is 1.77. The van der Waals surface area contributed by atoms with Gasteiger partial charge in [0, 0.05) is 10.9 Å². The van der Waals surface area contributed by atoms with Crippen molar-refractivity contribution < 1.29 is 8.78 Å². The molecule has 1 aromatic carbocycles. The van der Waals surface area contributed by atoms with E-state index in [9.17, 15) is 8.78 Å². The number of aryl methyl sites for hydroxylation is 1. The molecule has 0 aromatic heterocycles. The van der Waals surface area contributed by atoms with E-state index in [4.69, 9.17) is 0 Å². The Morgan fingerprint density at radius 1 is 1.38 bits per heavy atom. The van der Waals surface area contributed by atoms with Crippen molar-refractivity contribution in [2.45, 2.75) is 25.2 Å². The zero-order chi connectivity index (χ0) is 9.64. The predicted molar refractivity (Wildman–Crippen MR) is 51.2 cm³/mol. The van der Waals surface area contributed by atoms with Crippen LogP contribution < -0.4 is 0 Å². The maximum atomic E-state index is 12.7. The Morgan fingerprint density at radius 2 is 2.00 bits per heavy atom. The minimum Gasteiger partial charge on any atom is -0.206 e. The first-order valence-electron chi connectivity index (χ1n) is 4.14. The van der Waals surface area contributed by atoms with Gasteiger partial charge in [-0.1, -0.05) is 22.0 Å². The standard InChI is InChI=1S/C10H9BrF2/c1-6-2-7(4-8(11)3-6)9-5-10(9,12)13/h2-4,9H,5H2,1H3. The van der Waals surface area contributed by atoms with Crippen LogP contribution in [0.15, 0.2) is 22.7 Å². The summed E-state index contributed by atoms with van der Waals surface area (Å²) in [4.78, 5) is 0. The molecule has 0 spiro atoms. The van der Waals surface area contributed by atoms with Gasteiger partial charge in [-0.15, -0.1) is 0 Å². The Bertz CT molecular complexity index is 327. The molecule has 0 nitrogen and oxygen atoms in total. The Balaban J connectivity index is 2.32. The molecule has 1 aliphatic carbocycles. The molecule has 13 heavy (non-hydrogen) atoms. The van der Waals surface area contributed by atoms with Crippen LogP contribution in [-0.4, -0.2) is 5.92 Å². The minimum atomic E-state index is -2.47. The Kier molecular flexibility index (Phi) is 1.95. The van der Waals surface area contributed by atoms with Gasteiger partial charge in [0.25, 0.3) is 5.92 Å². The van der Waals surface area contributed by atoms with E-state index in [1.54, 1.807) is 6.07 Å². The third-order valence-electron chi connectivity index (χ3n) is 2.29. The molecular weight excluding hydrogens is 238 g/mol. The summed E-state index contributed by atoms with van der Waals surface area (Å²) in [6, 6.07) is 5.53. The second kappa shape index (κ2) is 2.77. The van der Waals surface area contributed by atoms with E-state index in [1.807, 2.05) is 19.1 Å². The van der Waals surface area contributed by atoms with Crippen molar-refractivity contribution >= 4 is 15.9 Å². The van der Waals surface area contributed by atoms with E-state index in [0.717, 1.165) is 15.6 Å². The van der Waals surface area contributed by atoms with Gasteiger partial charge in [-0.2, -0.15) is 0 Å². The lowest BCUT2D eigenvalue weighted by molar-refractivity contribution is 0.112. The van der Waals surface area contributed by atoms with Crippen LogP contribution in [0.1, 0.15) is 23.5 Å². The van der Waals surface area contributed by atoms with E-state index < -0.39 is 11.8 Å². The number of benzene rings is 1. The second-order valence-electron chi connectivity index (χ2n) is 3.58. The lowest BCUT2D eigenvalue weighted by Crippen LogP contribution is -1.93. The van der Waals surface area contributed by atoms with Crippen LogP contribution in [0.4, 0.5) is 8.78 Å². The highest BCUT2D eigenvalue weighted by molar-refractivity contribution is 9.10. The molecule has 0 radical (unpaired) electrons. The number of rotatable bonds is 1. The first-order chi connectivity index (χ1) is 5.99. The maximum absolute atomic E-state index is 12.7. The van der Waals surface area contributed by atoms with Crippen LogP contribution in [0, 0.1) is 6.92 Å². The van der Waals surface area contributed by atoms with Crippen molar-refractivity contribution in [1.82, 2.24) is 0 Å². The van der Waals surface area contributed by atoms with Crippen molar-refractivity contribution in [1.29, 1.82) is 0 Å². The molecule has 1 aromatic rings. The molecule has 70 valence electrons. The number of hydrogen-bond acceptors (Lipinski definition) is 0. The maximum Gasteiger partial charge on any atom is 0.255 e. The van der Waals surface area contributed by atoms with Crippen LogP contribution in [0.5, 0.6) is 0 Å². The van der Waals surface area contributed by atoms with Crippen LogP contribution >= 0.6 is 15.9 Å². The second-order valence-corrected chi connectivity index (χ2v) is 4.50. The topological polar surface area (TPSA) is 0 Å². The fraction of sp³-hybridized carbons (Fsp3) is 0.400. The van der Waals surface area contributed by atoms with Gasteiger partial charge in [-0.3, -0.25) is 0 Å². The van der Waals surface area contributed by atoms with Gasteiger partial charge in [0.2, 0.25) is 0 Å². The van der Waals surface area contributed by atoms with Gasteiger partial charge >= 0.3 is 0 Å². The van der Waals surface area contributed by atoms with Gasteiger partial charge in [-0.25, -0.2) is 8.78 Å². The molecule has 1 aliphatic rings. The molecule has 0 bridgehead atoms. The van der Waals surface area contributed by atoms with Gasteiger partial charge in [0.15, 0.2) is 0 Å². The van der Waals surface area contributed by atoms with Crippen molar-refractivity contribution in [3.05, 3.63) is 33.8 Å². The first kappa shape index (κ1) is 9.13. The molecule has 0 N–H and O–H groups in total. The van der Waals surface area contributed by atoms with Crippen LogP contribution in [0.3, 0.4) is 0 Å². The van der Waals surface area contributed by atoms with Crippen molar-refractivity contribution in [3.63, 3.8) is 0 Å². The quantitative estimate of drug-likeness (QED) is 0.706. The zero-order valence-electron chi connectivity index (χ0n) is 7.15. The normalized spacial score (nSPS) is 24.5. The summed E-state index contributed by atoms with van der Waals surface area (Å²) in [6.07, 6.45) is 0.00287. The Hall–Kier alpha value is -0.440. The largest absolute Gasteiger partial charge is 0.255 e. The Morgan fingerprint density at radius 3 is 2.46 bits per heavy atom. The molecule has 2 rings (SSSR count). The van der Waals surface area contributed by atoms with Gasteiger partial charge < -0.3 is 0 Å². The number of halogens is 3. The average molecular weight is 247 g/mol. The third-order valence-corrected chi connectivity index (χ3v) is 2.75. The molecule has 1 atom stereocenters. The highest BCUT2D eigenvalue weighted by atomic mass is 79.9. The van der Waals surface area contributed by atoms with E-state index >= 15 is 0 Å². The Labute approximate surface area is 84.1 Å². The van der Waals surface area contributed by atoms with E-state index in [2.05, 4.69) is 15.9 Å². The third kappa shape index (κ3) is 1.75. The monoisotopic (exact) mass is 246 g/mol. The molecular formula is C10H9BrF2. The highest BCUT2D eigenvalue weighted by Crippen LogP contribution is 2.56. The summed E-state index contributed by atoms with van der Waals surface area (Å²) in [6.45, 7) is 1.91. The molecule has 0 saturated heterocycles. The molecule has 0 aliphatic heterocycles. The summed E-state index contributed by atoms with van der Waals surface area (Å²) >= 11 is 3.30. The summed E-state index contributed by atoms with van der Waals surface area (Å²) in [5, 5.41) is 0. The molecule has 1 fully saturated rings. The summed E-state index contributed by atoms with van der Waals surface area (Å²) in [7, 11) is 0. The molecule has 1 unspecified atom stereocenters. The molecule has 0 heterocycles. The van der Waals surface area contributed by atoms with E-state index in [-0.39, 0.29) is 6.42 Å². The van der Waals surface area contributed by atoms with E-state index in [0.29, 0.717) is 0 Å². The fourth-order valence-electron chi connectivity index (χ4n) is 1.54. The highest BCUT2D eigenvalue weighted by Gasteiger charge is 2.57. The number of alkyl halides is 2. The fourth-order valence-corrected chi connectivity index (χ4v) is 2.17.